The highest BCUT2D eigenvalue weighted by Crippen LogP contribution is 2.21. The number of ether oxygens (including phenoxy) is 1. The fourth-order valence-electron chi connectivity index (χ4n) is 3.38. The molecule has 1 aliphatic heterocycles. The van der Waals surface area contributed by atoms with E-state index in [0.717, 1.165) is 5.56 Å². The van der Waals surface area contributed by atoms with Gasteiger partial charge in [0.25, 0.3) is 5.91 Å². The fraction of sp³-hybridized carbons (Fsp3) is 0.409. The highest BCUT2D eigenvalue weighted by Gasteiger charge is 2.27. The molecule has 1 fully saturated rings. The Morgan fingerprint density at radius 3 is 2.44 bits per heavy atom. The number of nitrogens with zero attached hydrogens (tertiary/aromatic N) is 3. The third-order valence-corrected chi connectivity index (χ3v) is 5.20. The molecule has 0 radical (unpaired) electrons. The van der Waals surface area contributed by atoms with Gasteiger partial charge in [-0.15, -0.1) is 0 Å². The van der Waals surface area contributed by atoms with Crippen LogP contribution in [0.2, 0.25) is 0 Å². The van der Waals surface area contributed by atoms with Gasteiger partial charge in [-0.25, -0.2) is 14.4 Å². The van der Waals surface area contributed by atoms with Crippen molar-refractivity contribution < 1.29 is 23.5 Å². The van der Waals surface area contributed by atoms with Gasteiger partial charge in [-0.3, -0.25) is 14.4 Å². The summed E-state index contributed by atoms with van der Waals surface area (Å²) in [5.41, 5.74) is 0.741. The number of aromatic nitrogens is 2. The summed E-state index contributed by atoms with van der Waals surface area (Å²) in [6.07, 6.45) is 4.51. The molecule has 1 aliphatic rings. The molecule has 2 aromatic rings. The Morgan fingerprint density at radius 2 is 1.78 bits per heavy atom. The van der Waals surface area contributed by atoms with Crippen molar-refractivity contribution >= 4 is 23.7 Å². The number of halogens is 1. The molecular weight excluding hydrogens is 417 g/mol. The van der Waals surface area contributed by atoms with E-state index in [0.29, 0.717) is 31.9 Å². The van der Waals surface area contributed by atoms with Crippen LogP contribution in [0.5, 0.6) is 0 Å². The summed E-state index contributed by atoms with van der Waals surface area (Å²) in [4.78, 5) is 46.6. The maximum atomic E-state index is 13.0. The second kappa shape index (κ2) is 11.2. The largest absolute Gasteiger partial charge is 0.455 e. The summed E-state index contributed by atoms with van der Waals surface area (Å²) in [6.45, 7) is 2.31. The standard InChI is InChI=1S/C22H26FN5O4/c1-15(16-3-5-18(23)6-4-16)27-19(29)13-26-20(30)14-32-21(31)17-7-11-28(12-8-17)22-24-9-2-10-25-22/h2-6,9-10,15,17H,7-8,11-14H2,1H3,(H,26,30)(H,27,29). The summed E-state index contributed by atoms with van der Waals surface area (Å²) in [5, 5.41) is 5.13. The first-order valence-electron chi connectivity index (χ1n) is 10.4. The smallest absolute Gasteiger partial charge is 0.309 e. The normalized spacial score (nSPS) is 15.0. The molecule has 0 saturated carbocycles. The SMILES string of the molecule is CC(NC(=O)CNC(=O)COC(=O)C1CCN(c2ncccn2)CC1)c1ccc(F)cc1. The quantitative estimate of drug-likeness (QED) is 0.593. The fourth-order valence-corrected chi connectivity index (χ4v) is 3.38. The Bertz CT molecular complexity index is 918. The van der Waals surface area contributed by atoms with Gasteiger partial charge in [0, 0.05) is 25.5 Å². The molecule has 2 amide bonds. The highest BCUT2D eigenvalue weighted by atomic mass is 19.1. The van der Waals surface area contributed by atoms with Gasteiger partial charge >= 0.3 is 5.97 Å². The number of nitrogens with one attached hydrogen (secondary N) is 2. The Kier molecular flexibility index (Phi) is 8.07. The molecule has 1 aromatic carbocycles. The van der Waals surface area contributed by atoms with Gasteiger partial charge in [0.15, 0.2) is 6.61 Å². The van der Waals surface area contributed by atoms with E-state index in [4.69, 9.17) is 4.74 Å². The number of amides is 2. The number of rotatable bonds is 8. The van der Waals surface area contributed by atoms with Crippen LogP contribution in [0, 0.1) is 11.7 Å². The molecule has 9 nitrogen and oxygen atoms in total. The van der Waals surface area contributed by atoms with Crippen molar-refractivity contribution in [3.05, 3.63) is 54.1 Å². The number of hydrogen-bond acceptors (Lipinski definition) is 7. The van der Waals surface area contributed by atoms with Crippen molar-refractivity contribution in [2.45, 2.75) is 25.8 Å². The van der Waals surface area contributed by atoms with Gasteiger partial charge in [-0.2, -0.15) is 0 Å². The van der Waals surface area contributed by atoms with Gasteiger partial charge < -0.3 is 20.3 Å². The molecule has 3 rings (SSSR count). The third-order valence-electron chi connectivity index (χ3n) is 5.20. The van der Waals surface area contributed by atoms with Gasteiger partial charge in [0.05, 0.1) is 18.5 Å². The second-order valence-corrected chi connectivity index (χ2v) is 7.54. The average Bonchev–Trinajstić information content (AvgIpc) is 2.82. The Labute approximate surface area is 185 Å². The highest BCUT2D eigenvalue weighted by molar-refractivity contribution is 5.86. The number of carbonyl (C=O) groups is 3. The summed E-state index contributed by atoms with van der Waals surface area (Å²) in [5.74, 6) is -1.41. The molecule has 1 saturated heterocycles. The second-order valence-electron chi connectivity index (χ2n) is 7.54. The first-order valence-corrected chi connectivity index (χ1v) is 10.4. The molecule has 1 unspecified atom stereocenters. The molecule has 2 heterocycles. The minimum Gasteiger partial charge on any atom is -0.455 e. The lowest BCUT2D eigenvalue weighted by Crippen LogP contribution is -2.41. The van der Waals surface area contributed by atoms with Gasteiger partial charge in [-0.1, -0.05) is 12.1 Å². The molecule has 0 spiro atoms. The number of benzene rings is 1. The van der Waals surface area contributed by atoms with Crippen LogP contribution in [0.25, 0.3) is 0 Å². The van der Waals surface area contributed by atoms with Crippen LogP contribution < -0.4 is 15.5 Å². The van der Waals surface area contributed by atoms with E-state index >= 15 is 0 Å². The van der Waals surface area contributed by atoms with E-state index in [-0.39, 0.29) is 24.3 Å². The first-order chi connectivity index (χ1) is 15.4. The lowest BCUT2D eigenvalue weighted by Gasteiger charge is -2.30. The zero-order valence-electron chi connectivity index (χ0n) is 17.8. The summed E-state index contributed by atoms with van der Waals surface area (Å²) < 4.78 is 18.1. The lowest BCUT2D eigenvalue weighted by molar-refractivity contribution is -0.153. The number of carbonyl (C=O) groups excluding carboxylic acids is 3. The van der Waals surface area contributed by atoms with Crippen LogP contribution in [-0.4, -0.2) is 54.0 Å². The zero-order chi connectivity index (χ0) is 22.9. The van der Waals surface area contributed by atoms with Crippen LogP contribution in [-0.2, 0) is 19.1 Å². The number of anilines is 1. The minimum absolute atomic E-state index is 0.253. The Hall–Kier alpha value is -3.56. The van der Waals surface area contributed by atoms with Crippen LogP contribution in [0.4, 0.5) is 10.3 Å². The molecule has 1 atom stereocenters. The molecule has 0 aliphatic carbocycles. The van der Waals surface area contributed by atoms with Gasteiger partial charge in [0.1, 0.15) is 5.82 Å². The number of piperidine rings is 1. The average molecular weight is 443 g/mol. The van der Waals surface area contributed by atoms with E-state index in [1.807, 2.05) is 4.90 Å². The van der Waals surface area contributed by atoms with Crippen LogP contribution in [0.15, 0.2) is 42.7 Å². The summed E-state index contributed by atoms with van der Waals surface area (Å²) >= 11 is 0. The molecule has 10 heteroatoms. The predicted molar refractivity (Wildman–Crippen MR) is 114 cm³/mol. The van der Waals surface area contributed by atoms with Crippen molar-refractivity contribution in [3.63, 3.8) is 0 Å². The molecule has 32 heavy (non-hydrogen) atoms. The van der Waals surface area contributed by atoms with Crippen LogP contribution in [0.1, 0.15) is 31.4 Å². The maximum absolute atomic E-state index is 13.0. The van der Waals surface area contributed by atoms with Crippen molar-refractivity contribution in [2.24, 2.45) is 5.92 Å². The topological polar surface area (TPSA) is 114 Å². The molecule has 170 valence electrons. The van der Waals surface area contributed by atoms with Crippen molar-refractivity contribution in [1.82, 2.24) is 20.6 Å². The molecule has 2 N–H and O–H groups in total. The van der Waals surface area contributed by atoms with E-state index in [1.165, 1.54) is 12.1 Å². The van der Waals surface area contributed by atoms with Crippen molar-refractivity contribution in [1.29, 1.82) is 0 Å². The van der Waals surface area contributed by atoms with E-state index < -0.39 is 24.4 Å². The number of hydrogen-bond donors (Lipinski definition) is 2. The summed E-state index contributed by atoms with van der Waals surface area (Å²) in [6, 6.07) is 7.19. The van der Waals surface area contributed by atoms with Gasteiger partial charge in [0.2, 0.25) is 11.9 Å². The van der Waals surface area contributed by atoms with Crippen molar-refractivity contribution in [3.8, 4) is 0 Å². The monoisotopic (exact) mass is 443 g/mol. The predicted octanol–water partition coefficient (Wildman–Crippen LogP) is 1.37. The first kappa shape index (κ1) is 23.1. The summed E-state index contributed by atoms with van der Waals surface area (Å²) in [7, 11) is 0. The number of esters is 1. The maximum Gasteiger partial charge on any atom is 0.309 e. The van der Waals surface area contributed by atoms with Crippen LogP contribution >= 0.6 is 0 Å². The zero-order valence-corrected chi connectivity index (χ0v) is 17.8. The Morgan fingerprint density at radius 1 is 1.12 bits per heavy atom. The van der Waals surface area contributed by atoms with Crippen molar-refractivity contribution in [2.75, 3.05) is 31.1 Å². The van der Waals surface area contributed by atoms with E-state index in [9.17, 15) is 18.8 Å². The molecule has 1 aromatic heterocycles. The van der Waals surface area contributed by atoms with Crippen LogP contribution in [0.3, 0.4) is 0 Å². The molecule has 0 bridgehead atoms. The minimum atomic E-state index is -0.557. The van der Waals surface area contributed by atoms with E-state index in [2.05, 4.69) is 20.6 Å². The Balaban J connectivity index is 1.32. The lowest BCUT2D eigenvalue weighted by atomic mass is 9.97. The van der Waals surface area contributed by atoms with E-state index in [1.54, 1.807) is 37.5 Å². The van der Waals surface area contributed by atoms with Gasteiger partial charge in [-0.05, 0) is 43.5 Å². The third kappa shape index (κ3) is 6.73. The molecular formula is C22H26FN5O4.